The van der Waals surface area contributed by atoms with Crippen molar-refractivity contribution in [2.75, 3.05) is 39.9 Å². The fourth-order valence-corrected chi connectivity index (χ4v) is 1.01. The second kappa shape index (κ2) is 6.59. The monoisotopic (exact) mass is 246 g/mol. The molecule has 0 atom stereocenters. The van der Waals surface area contributed by atoms with Crippen molar-refractivity contribution < 1.29 is 28.3 Å². The van der Waals surface area contributed by atoms with Gasteiger partial charge in [-0.1, -0.05) is 5.16 Å². The number of anilines is 1. The summed E-state index contributed by atoms with van der Waals surface area (Å²) in [6.07, 6.45) is -0.684. The first-order chi connectivity index (χ1) is 8.22. The molecule has 0 saturated carbocycles. The molecule has 0 saturated heterocycles. The highest BCUT2D eigenvalue weighted by Crippen LogP contribution is 2.34. The molecule has 0 aromatic carbocycles. The van der Waals surface area contributed by atoms with Crippen molar-refractivity contribution in [1.29, 1.82) is 0 Å². The molecule has 0 spiro atoms. The standard InChI is InChI=1S/C9H14N2O6/c1-13-4-5-16-9(12)10-7-6(14-2)8(15-3)17-11-7/h4-5H2,1-3H3,(H,10,11,12). The van der Waals surface area contributed by atoms with E-state index in [1.165, 1.54) is 21.3 Å². The Morgan fingerprint density at radius 2 is 2.06 bits per heavy atom. The maximum absolute atomic E-state index is 11.3. The van der Waals surface area contributed by atoms with Gasteiger partial charge in [0.05, 0.1) is 20.8 Å². The van der Waals surface area contributed by atoms with Gasteiger partial charge in [0.25, 0.3) is 0 Å². The number of carbonyl (C=O) groups is 1. The van der Waals surface area contributed by atoms with Crippen molar-refractivity contribution in [1.82, 2.24) is 5.16 Å². The molecule has 1 aromatic heterocycles. The van der Waals surface area contributed by atoms with Crippen LogP contribution in [0.15, 0.2) is 4.52 Å². The van der Waals surface area contributed by atoms with E-state index >= 15 is 0 Å². The molecule has 1 aromatic rings. The molecule has 0 aliphatic heterocycles. The molecule has 0 aliphatic rings. The van der Waals surface area contributed by atoms with Gasteiger partial charge in [0.1, 0.15) is 6.61 Å². The van der Waals surface area contributed by atoms with Gasteiger partial charge in [-0.05, 0) is 0 Å². The van der Waals surface area contributed by atoms with Gasteiger partial charge in [-0.3, -0.25) is 5.32 Å². The van der Waals surface area contributed by atoms with Crippen LogP contribution in [-0.2, 0) is 9.47 Å². The van der Waals surface area contributed by atoms with Crippen molar-refractivity contribution in [3.63, 3.8) is 0 Å². The summed E-state index contributed by atoms with van der Waals surface area (Å²) in [5, 5.41) is 5.91. The number of rotatable bonds is 6. The fourth-order valence-electron chi connectivity index (χ4n) is 1.01. The first kappa shape index (κ1) is 13.1. The van der Waals surface area contributed by atoms with Crippen LogP contribution in [0.3, 0.4) is 0 Å². The number of hydrogen-bond acceptors (Lipinski definition) is 7. The molecular formula is C9H14N2O6. The minimum Gasteiger partial charge on any atom is -0.487 e. The normalized spacial score (nSPS) is 9.82. The highest BCUT2D eigenvalue weighted by Gasteiger charge is 2.19. The minimum absolute atomic E-state index is 0.0692. The lowest BCUT2D eigenvalue weighted by atomic mass is 10.5. The lowest BCUT2D eigenvalue weighted by molar-refractivity contribution is 0.107. The van der Waals surface area contributed by atoms with Gasteiger partial charge in [0, 0.05) is 7.11 Å². The number of aromatic nitrogens is 1. The van der Waals surface area contributed by atoms with Crippen molar-refractivity contribution >= 4 is 11.9 Å². The Bertz CT molecular complexity index is 364. The molecule has 0 unspecified atom stereocenters. The van der Waals surface area contributed by atoms with Crippen LogP contribution in [0.4, 0.5) is 10.6 Å². The van der Waals surface area contributed by atoms with Crippen LogP contribution in [0.1, 0.15) is 0 Å². The highest BCUT2D eigenvalue weighted by atomic mass is 16.6. The molecule has 1 rings (SSSR count). The summed E-state index contributed by atoms with van der Waals surface area (Å²) in [6, 6.07) is 0. The fraction of sp³-hybridized carbons (Fsp3) is 0.556. The first-order valence-corrected chi connectivity index (χ1v) is 4.73. The van der Waals surface area contributed by atoms with Crippen LogP contribution in [0.5, 0.6) is 11.7 Å². The molecule has 1 amide bonds. The van der Waals surface area contributed by atoms with Crippen molar-refractivity contribution in [3.8, 4) is 11.7 Å². The summed E-state index contributed by atoms with van der Waals surface area (Å²) in [4.78, 5) is 11.3. The third-order valence-corrected chi connectivity index (χ3v) is 1.75. The number of nitrogens with one attached hydrogen (secondary N) is 1. The SMILES string of the molecule is COCCOC(=O)Nc1noc(OC)c1OC. The topological polar surface area (TPSA) is 92.1 Å². The average molecular weight is 246 g/mol. The Morgan fingerprint density at radius 3 is 2.65 bits per heavy atom. The maximum atomic E-state index is 11.3. The Hall–Kier alpha value is -1.96. The third kappa shape index (κ3) is 3.52. The molecule has 1 N–H and O–H groups in total. The van der Waals surface area contributed by atoms with E-state index in [1.807, 2.05) is 0 Å². The largest absolute Gasteiger partial charge is 0.487 e. The molecular weight excluding hydrogens is 232 g/mol. The second-order valence-electron chi connectivity index (χ2n) is 2.81. The summed E-state index contributed by atoms with van der Waals surface area (Å²) >= 11 is 0. The molecule has 0 fully saturated rings. The Kier molecular flexibility index (Phi) is 5.08. The summed E-state index contributed by atoms with van der Waals surface area (Å²) < 4.78 is 24.1. The van der Waals surface area contributed by atoms with E-state index in [0.29, 0.717) is 6.61 Å². The molecule has 1 heterocycles. The van der Waals surface area contributed by atoms with Crippen LogP contribution < -0.4 is 14.8 Å². The van der Waals surface area contributed by atoms with E-state index in [1.54, 1.807) is 0 Å². The lowest BCUT2D eigenvalue weighted by Gasteiger charge is -2.05. The zero-order valence-corrected chi connectivity index (χ0v) is 9.81. The second-order valence-corrected chi connectivity index (χ2v) is 2.81. The van der Waals surface area contributed by atoms with Crippen LogP contribution in [0.25, 0.3) is 0 Å². The van der Waals surface area contributed by atoms with Crippen LogP contribution >= 0.6 is 0 Å². The maximum Gasteiger partial charge on any atom is 0.413 e. The van der Waals surface area contributed by atoms with Gasteiger partial charge in [-0.25, -0.2) is 4.79 Å². The van der Waals surface area contributed by atoms with Gasteiger partial charge in [0.15, 0.2) is 0 Å². The summed E-state index contributed by atoms with van der Waals surface area (Å²) in [5.41, 5.74) is 0. The summed E-state index contributed by atoms with van der Waals surface area (Å²) in [7, 11) is 4.30. The predicted octanol–water partition coefficient (Wildman–Crippen LogP) is 0.887. The Balaban J connectivity index is 2.55. The number of carbonyl (C=O) groups excluding carboxylic acids is 1. The lowest BCUT2D eigenvalue weighted by Crippen LogP contribution is -2.16. The van der Waals surface area contributed by atoms with Crippen LogP contribution in [-0.4, -0.2) is 45.8 Å². The summed E-state index contributed by atoms with van der Waals surface area (Å²) in [6.45, 7) is 0.451. The van der Waals surface area contributed by atoms with E-state index < -0.39 is 6.09 Å². The number of hydrogen-bond donors (Lipinski definition) is 1. The van der Waals surface area contributed by atoms with Crippen molar-refractivity contribution in [2.24, 2.45) is 0 Å². The minimum atomic E-state index is -0.684. The van der Waals surface area contributed by atoms with Gasteiger partial charge in [-0.2, -0.15) is 0 Å². The summed E-state index contributed by atoms with van der Waals surface area (Å²) in [5.74, 6) is 0.350. The molecule has 0 bridgehead atoms. The molecule has 8 nitrogen and oxygen atoms in total. The van der Waals surface area contributed by atoms with Crippen molar-refractivity contribution in [3.05, 3.63) is 0 Å². The number of ether oxygens (including phenoxy) is 4. The van der Waals surface area contributed by atoms with Gasteiger partial charge >= 0.3 is 12.0 Å². The zero-order valence-electron chi connectivity index (χ0n) is 9.81. The van der Waals surface area contributed by atoms with E-state index in [-0.39, 0.29) is 24.1 Å². The third-order valence-electron chi connectivity index (χ3n) is 1.75. The Labute approximate surface area is 97.8 Å². The molecule has 96 valence electrons. The average Bonchev–Trinajstić information content (AvgIpc) is 2.71. The number of amides is 1. The zero-order chi connectivity index (χ0) is 12.7. The van der Waals surface area contributed by atoms with E-state index in [9.17, 15) is 4.79 Å². The molecule has 0 aliphatic carbocycles. The van der Waals surface area contributed by atoms with E-state index in [4.69, 9.17) is 23.5 Å². The smallest absolute Gasteiger partial charge is 0.413 e. The molecule has 0 radical (unpaired) electrons. The van der Waals surface area contributed by atoms with Gasteiger partial charge < -0.3 is 23.5 Å². The van der Waals surface area contributed by atoms with Crippen molar-refractivity contribution in [2.45, 2.75) is 0 Å². The van der Waals surface area contributed by atoms with Crippen LogP contribution in [0.2, 0.25) is 0 Å². The highest BCUT2D eigenvalue weighted by molar-refractivity contribution is 5.85. The molecule has 17 heavy (non-hydrogen) atoms. The van der Waals surface area contributed by atoms with Gasteiger partial charge in [0.2, 0.25) is 11.6 Å². The first-order valence-electron chi connectivity index (χ1n) is 4.73. The quantitative estimate of drug-likeness (QED) is 0.745. The number of methoxy groups -OCH3 is 3. The Morgan fingerprint density at radius 1 is 1.29 bits per heavy atom. The van der Waals surface area contributed by atoms with E-state index in [0.717, 1.165) is 0 Å². The van der Waals surface area contributed by atoms with Crippen LogP contribution in [0, 0.1) is 0 Å². The van der Waals surface area contributed by atoms with Gasteiger partial charge in [-0.15, -0.1) is 0 Å². The predicted molar refractivity (Wildman–Crippen MR) is 56.5 cm³/mol. The number of nitrogens with zero attached hydrogens (tertiary/aromatic N) is 1. The molecule has 8 heteroatoms. The van der Waals surface area contributed by atoms with E-state index in [2.05, 4.69) is 10.5 Å².